The average Bonchev–Trinajstić information content (AvgIpc) is 2.45. The Labute approximate surface area is 111 Å². The van der Waals surface area contributed by atoms with Crippen LogP contribution in [-0.2, 0) is 0 Å². The number of hydrogen-bond donors (Lipinski definition) is 1. The zero-order valence-electron chi connectivity index (χ0n) is 10.7. The zero-order chi connectivity index (χ0) is 12.5. The van der Waals surface area contributed by atoms with Gasteiger partial charge in [-0.15, -0.1) is 11.3 Å². The molecule has 0 saturated carbocycles. The smallest absolute Gasteiger partial charge is 0.0885 e. The zero-order valence-corrected chi connectivity index (χ0v) is 13.1. The van der Waals surface area contributed by atoms with Crippen LogP contribution in [0.2, 0.25) is 0 Å². The van der Waals surface area contributed by atoms with Crippen LogP contribution in [0.5, 0.6) is 0 Å². The predicted octanol–water partition coefficient (Wildman–Crippen LogP) is 4.92. The van der Waals surface area contributed by atoms with Gasteiger partial charge in [-0.1, -0.05) is 27.7 Å². The maximum Gasteiger partial charge on any atom is 0.0885 e. The Balaban J connectivity index is 2.69. The lowest BCUT2D eigenvalue weighted by Gasteiger charge is -2.28. The van der Waals surface area contributed by atoms with E-state index >= 15 is 0 Å². The number of halogens is 1. The van der Waals surface area contributed by atoms with Crippen molar-refractivity contribution in [3.8, 4) is 0 Å². The minimum Gasteiger partial charge on any atom is -0.388 e. The minimum atomic E-state index is -0.329. The summed E-state index contributed by atoms with van der Waals surface area (Å²) in [5.41, 5.74) is 1.47. The molecule has 0 spiro atoms. The minimum absolute atomic E-state index is 0.254. The Morgan fingerprint density at radius 1 is 1.44 bits per heavy atom. The first-order chi connectivity index (χ1) is 7.21. The second-order valence-electron chi connectivity index (χ2n) is 5.62. The van der Waals surface area contributed by atoms with Gasteiger partial charge in [0.25, 0.3) is 0 Å². The fourth-order valence-corrected chi connectivity index (χ4v) is 3.02. The van der Waals surface area contributed by atoms with Crippen LogP contribution < -0.4 is 0 Å². The summed E-state index contributed by atoms with van der Waals surface area (Å²) < 4.78 is 1.13. The molecule has 2 unspecified atom stereocenters. The molecule has 1 N–H and O–H groups in total. The van der Waals surface area contributed by atoms with Crippen LogP contribution in [-0.4, -0.2) is 5.11 Å². The van der Waals surface area contributed by atoms with Gasteiger partial charge in [0, 0.05) is 4.88 Å². The molecule has 16 heavy (non-hydrogen) atoms. The molecule has 1 rings (SSSR count). The maximum atomic E-state index is 10.2. The van der Waals surface area contributed by atoms with Crippen molar-refractivity contribution in [1.29, 1.82) is 0 Å². The molecule has 1 heterocycles. The summed E-state index contributed by atoms with van der Waals surface area (Å²) in [6.45, 7) is 10.9. The molecule has 0 aliphatic carbocycles. The Bertz CT molecular complexity index is 332. The van der Waals surface area contributed by atoms with Gasteiger partial charge in [-0.05, 0) is 52.2 Å². The van der Waals surface area contributed by atoms with E-state index in [-0.39, 0.29) is 11.5 Å². The van der Waals surface area contributed by atoms with Crippen LogP contribution in [0.15, 0.2) is 9.85 Å². The molecule has 2 atom stereocenters. The van der Waals surface area contributed by atoms with Gasteiger partial charge in [-0.3, -0.25) is 0 Å². The van der Waals surface area contributed by atoms with Gasteiger partial charge in [0.2, 0.25) is 0 Å². The molecular weight excluding hydrogens is 284 g/mol. The molecule has 0 saturated heterocycles. The summed E-state index contributed by atoms with van der Waals surface area (Å²) in [5, 5.41) is 10.2. The number of hydrogen-bond acceptors (Lipinski definition) is 2. The van der Waals surface area contributed by atoms with E-state index in [9.17, 15) is 5.11 Å². The van der Waals surface area contributed by atoms with Crippen molar-refractivity contribution in [2.45, 2.75) is 47.1 Å². The highest BCUT2D eigenvalue weighted by Crippen LogP contribution is 2.37. The van der Waals surface area contributed by atoms with E-state index in [2.05, 4.69) is 56.6 Å². The quantitative estimate of drug-likeness (QED) is 0.840. The fraction of sp³-hybridized carbons (Fsp3) is 0.692. The number of aryl methyl sites for hydroxylation is 1. The first-order valence-corrected chi connectivity index (χ1v) is 7.26. The van der Waals surface area contributed by atoms with Gasteiger partial charge in [0.15, 0.2) is 0 Å². The Hall–Kier alpha value is 0.140. The average molecular weight is 305 g/mol. The Morgan fingerprint density at radius 3 is 2.38 bits per heavy atom. The van der Waals surface area contributed by atoms with Crippen LogP contribution in [0.1, 0.15) is 50.7 Å². The fourth-order valence-electron chi connectivity index (χ4n) is 1.45. The van der Waals surface area contributed by atoms with E-state index in [0.29, 0.717) is 5.92 Å². The second-order valence-corrected chi connectivity index (χ2v) is 8.03. The maximum absolute atomic E-state index is 10.2. The van der Waals surface area contributed by atoms with Crippen molar-refractivity contribution in [3.63, 3.8) is 0 Å². The van der Waals surface area contributed by atoms with Gasteiger partial charge in [-0.25, -0.2) is 0 Å². The first kappa shape index (κ1) is 14.2. The third-order valence-electron chi connectivity index (χ3n) is 3.26. The van der Waals surface area contributed by atoms with Crippen LogP contribution in [0.3, 0.4) is 0 Å². The van der Waals surface area contributed by atoms with Crippen molar-refractivity contribution in [2.24, 2.45) is 11.3 Å². The summed E-state index contributed by atoms with van der Waals surface area (Å²) in [7, 11) is 0. The van der Waals surface area contributed by atoms with Gasteiger partial charge >= 0.3 is 0 Å². The predicted molar refractivity (Wildman–Crippen MR) is 75.0 cm³/mol. The molecule has 1 aromatic rings. The molecule has 0 aliphatic heterocycles. The summed E-state index contributed by atoms with van der Waals surface area (Å²) in [5.74, 6) is 0.503. The Kier molecular flexibility index (Phi) is 4.61. The summed E-state index contributed by atoms with van der Waals surface area (Å²) >= 11 is 5.14. The first-order valence-electron chi connectivity index (χ1n) is 5.65. The van der Waals surface area contributed by atoms with Crippen LogP contribution in [0, 0.1) is 18.3 Å². The summed E-state index contributed by atoms with van der Waals surface area (Å²) in [4.78, 5) is 1.07. The van der Waals surface area contributed by atoms with E-state index in [0.717, 1.165) is 15.1 Å². The lowest BCUT2D eigenvalue weighted by molar-refractivity contribution is 0.113. The molecule has 0 bridgehead atoms. The monoisotopic (exact) mass is 304 g/mol. The molecule has 0 amide bonds. The molecule has 0 radical (unpaired) electrons. The second kappa shape index (κ2) is 5.19. The lowest BCUT2D eigenvalue weighted by atomic mass is 9.79. The van der Waals surface area contributed by atoms with Crippen LogP contribution in [0.4, 0.5) is 0 Å². The van der Waals surface area contributed by atoms with E-state index in [4.69, 9.17) is 0 Å². The molecule has 1 aromatic heterocycles. The van der Waals surface area contributed by atoms with Crippen molar-refractivity contribution < 1.29 is 5.11 Å². The van der Waals surface area contributed by atoms with Crippen molar-refractivity contribution in [2.75, 3.05) is 0 Å². The van der Waals surface area contributed by atoms with E-state index in [1.54, 1.807) is 11.3 Å². The van der Waals surface area contributed by atoms with Gasteiger partial charge in [0.05, 0.1) is 9.89 Å². The number of thiophene rings is 1. The van der Waals surface area contributed by atoms with Crippen molar-refractivity contribution >= 4 is 27.3 Å². The Morgan fingerprint density at radius 2 is 2.00 bits per heavy atom. The topological polar surface area (TPSA) is 20.2 Å². The molecule has 0 aliphatic rings. The number of rotatable bonds is 3. The normalized spacial score (nSPS) is 16.2. The number of aliphatic hydroxyl groups is 1. The highest BCUT2D eigenvalue weighted by Gasteiger charge is 2.24. The van der Waals surface area contributed by atoms with Crippen LogP contribution in [0.25, 0.3) is 0 Å². The van der Waals surface area contributed by atoms with Crippen molar-refractivity contribution in [1.82, 2.24) is 0 Å². The van der Waals surface area contributed by atoms with Gasteiger partial charge < -0.3 is 5.11 Å². The molecule has 92 valence electrons. The number of aliphatic hydroxyl groups excluding tert-OH is 1. The molecule has 3 heteroatoms. The van der Waals surface area contributed by atoms with E-state index in [1.807, 2.05) is 0 Å². The third-order valence-corrected chi connectivity index (χ3v) is 5.50. The lowest BCUT2D eigenvalue weighted by Crippen LogP contribution is -2.19. The summed E-state index contributed by atoms with van der Waals surface area (Å²) in [6.07, 6.45) is 0.500. The molecule has 0 fully saturated rings. The highest BCUT2D eigenvalue weighted by molar-refractivity contribution is 9.11. The molecule has 1 nitrogen and oxygen atoms in total. The standard InChI is InChI=1S/C13H21BrOS/c1-8-6-11(16-12(8)14)10(15)7-9(2)13(3,4)5/h6,9-10,15H,7H2,1-5H3. The van der Waals surface area contributed by atoms with Gasteiger partial charge in [-0.2, -0.15) is 0 Å². The SMILES string of the molecule is Cc1cc(C(O)CC(C)C(C)(C)C)sc1Br. The van der Waals surface area contributed by atoms with E-state index < -0.39 is 0 Å². The molecular formula is C13H21BrOS. The largest absolute Gasteiger partial charge is 0.388 e. The van der Waals surface area contributed by atoms with Crippen LogP contribution >= 0.6 is 27.3 Å². The van der Waals surface area contributed by atoms with Gasteiger partial charge in [0.1, 0.15) is 0 Å². The van der Waals surface area contributed by atoms with E-state index in [1.165, 1.54) is 5.56 Å². The summed E-state index contributed by atoms with van der Waals surface area (Å²) in [6, 6.07) is 2.08. The molecule has 0 aromatic carbocycles. The van der Waals surface area contributed by atoms with Crippen molar-refractivity contribution in [3.05, 3.63) is 20.3 Å². The third kappa shape index (κ3) is 3.57. The highest BCUT2D eigenvalue weighted by atomic mass is 79.9.